The van der Waals surface area contributed by atoms with Crippen LogP contribution in [0.25, 0.3) is 0 Å². The molecule has 0 saturated carbocycles. The molecule has 2 atom stereocenters. The zero-order valence-corrected chi connectivity index (χ0v) is 7.98. The molecule has 1 aliphatic rings. The van der Waals surface area contributed by atoms with E-state index in [2.05, 4.69) is 5.16 Å². The van der Waals surface area contributed by atoms with Gasteiger partial charge in [-0.05, 0) is 5.56 Å². The first-order chi connectivity index (χ1) is 6.83. The maximum atomic E-state index is 12.4. The average Bonchev–Trinajstić information content (AvgIpc) is 2.61. The number of nitrogens with zero attached hydrogens (tertiary/aromatic N) is 1. The summed E-state index contributed by atoms with van der Waals surface area (Å²) < 4.78 is 12.4. The largest absolute Gasteiger partial charge is 0.389 e. The van der Waals surface area contributed by atoms with Crippen molar-refractivity contribution in [3.05, 3.63) is 35.9 Å². The molecule has 0 saturated heterocycles. The molecule has 0 N–H and O–H groups in total. The number of hydrogen-bond acceptors (Lipinski definition) is 2. The van der Waals surface area contributed by atoms with Crippen LogP contribution in [0, 0.1) is 5.92 Å². The Labute approximate surface area is 82.4 Å². The van der Waals surface area contributed by atoms with E-state index in [0.717, 1.165) is 11.3 Å². The van der Waals surface area contributed by atoms with Crippen molar-refractivity contribution in [1.29, 1.82) is 0 Å². The van der Waals surface area contributed by atoms with Crippen LogP contribution >= 0.6 is 0 Å². The van der Waals surface area contributed by atoms with Gasteiger partial charge in [-0.1, -0.05) is 42.4 Å². The summed E-state index contributed by atoms with van der Waals surface area (Å²) in [5, 5.41) is 3.92. The van der Waals surface area contributed by atoms with Crippen LogP contribution in [0.4, 0.5) is 4.39 Å². The summed E-state index contributed by atoms with van der Waals surface area (Å²) in [6.45, 7) is 1.45. The van der Waals surface area contributed by atoms with Crippen LogP contribution in [0.3, 0.4) is 0 Å². The molecule has 1 aliphatic heterocycles. The van der Waals surface area contributed by atoms with E-state index in [0.29, 0.717) is 0 Å². The van der Waals surface area contributed by atoms with Gasteiger partial charge in [0.2, 0.25) is 0 Å². The second kappa shape index (κ2) is 3.78. The third kappa shape index (κ3) is 1.50. The minimum absolute atomic E-state index is 0.0300. The summed E-state index contributed by atoms with van der Waals surface area (Å²) in [5.41, 5.74) is 1.85. The molecule has 1 aromatic carbocycles. The molecule has 0 aliphatic carbocycles. The summed E-state index contributed by atoms with van der Waals surface area (Å²) in [4.78, 5) is 4.99. The zero-order valence-electron chi connectivity index (χ0n) is 7.98. The topological polar surface area (TPSA) is 21.6 Å². The van der Waals surface area contributed by atoms with E-state index in [-0.39, 0.29) is 5.92 Å². The van der Waals surface area contributed by atoms with Crippen molar-refractivity contribution in [2.75, 3.05) is 6.67 Å². The van der Waals surface area contributed by atoms with Gasteiger partial charge in [-0.25, -0.2) is 4.39 Å². The smallest absolute Gasteiger partial charge is 0.163 e. The fraction of sp³-hybridized carbons (Fsp3) is 0.364. The molecular formula is C11H12FNO. The molecule has 0 spiro atoms. The van der Waals surface area contributed by atoms with E-state index in [4.69, 9.17) is 4.84 Å². The molecule has 74 valence electrons. The lowest BCUT2D eigenvalue weighted by atomic mass is 9.95. The highest BCUT2D eigenvalue weighted by Crippen LogP contribution is 2.22. The molecule has 0 aromatic heterocycles. The molecule has 1 heterocycles. The third-order valence-corrected chi connectivity index (χ3v) is 2.50. The van der Waals surface area contributed by atoms with Crippen molar-refractivity contribution in [3.63, 3.8) is 0 Å². The number of benzene rings is 1. The first-order valence-electron chi connectivity index (χ1n) is 4.68. The Morgan fingerprint density at radius 3 is 2.64 bits per heavy atom. The first kappa shape index (κ1) is 9.19. The lowest BCUT2D eigenvalue weighted by molar-refractivity contribution is 0.0464. The van der Waals surface area contributed by atoms with Gasteiger partial charge in [0.05, 0.1) is 5.71 Å². The summed E-state index contributed by atoms with van der Waals surface area (Å²) in [5.74, 6) is 0.0300. The Morgan fingerprint density at radius 2 is 2.07 bits per heavy atom. The Bertz CT molecular complexity index is 336. The normalized spacial score (nSPS) is 25.7. The second-order valence-corrected chi connectivity index (χ2v) is 3.43. The Morgan fingerprint density at radius 1 is 1.36 bits per heavy atom. The molecule has 14 heavy (non-hydrogen) atoms. The van der Waals surface area contributed by atoms with E-state index in [9.17, 15) is 4.39 Å². The van der Waals surface area contributed by atoms with Crippen LogP contribution in [0.5, 0.6) is 0 Å². The van der Waals surface area contributed by atoms with Crippen LogP contribution in [0.15, 0.2) is 35.5 Å². The highest BCUT2D eigenvalue weighted by atomic mass is 19.1. The number of alkyl halides is 1. The van der Waals surface area contributed by atoms with Gasteiger partial charge in [-0.3, -0.25) is 0 Å². The number of hydrogen-bond donors (Lipinski definition) is 0. The number of oxime groups is 1. The van der Waals surface area contributed by atoms with Gasteiger partial charge >= 0.3 is 0 Å². The van der Waals surface area contributed by atoms with Gasteiger partial charge in [-0.15, -0.1) is 0 Å². The molecule has 1 aromatic rings. The van der Waals surface area contributed by atoms with Crippen LogP contribution in [-0.4, -0.2) is 18.5 Å². The van der Waals surface area contributed by atoms with Crippen LogP contribution in [-0.2, 0) is 4.84 Å². The van der Waals surface area contributed by atoms with Crippen molar-refractivity contribution in [2.45, 2.75) is 13.0 Å². The number of rotatable bonds is 2. The third-order valence-electron chi connectivity index (χ3n) is 2.50. The summed E-state index contributed by atoms with van der Waals surface area (Å²) in [6.07, 6.45) is -0.412. The van der Waals surface area contributed by atoms with Crippen molar-refractivity contribution in [1.82, 2.24) is 0 Å². The fourth-order valence-corrected chi connectivity index (χ4v) is 1.56. The maximum Gasteiger partial charge on any atom is 0.163 e. The molecule has 0 amide bonds. The van der Waals surface area contributed by atoms with Gasteiger partial charge in [-0.2, -0.15) is 0 Å². The van der Waals surface area contributed by atoms with Crippen LogP contribution in [0.1, 0.15) is 12.5 Å². The van der Waals surface area contributed by atoms with E-state index >= 15 is 0 Å². The zero-order chi connectivity index (χ0) is 9.97. The monoisotopic (exact) mass is 193 g/mol. The molecular weight excluding hydrogens is 181 g/mol. The van der Waals surface area contributed by atoms with Gasteiger partial charge in [0.1, 0.15) is 6.67 Å². The first-order valence-corrected chi connectivity index (χ1v) is 4.68. The van der Waals surface area contributed by atoms with Crippen molar-refractivity contribution in [3.8, 4) is 0 Å². The Hall–Kier alpha value is -1.38. The highest BCUT2D eigenvalue weighted by Gasteiger charge is 2.30. The summed E-state index contributed by atoms with van der Waals surface area (Å²) in [6, 6.07) is 9.73. The Balaban J connectivity index is 2.22. The standard InChI is InChI=1S/C11H12FNO/c1-8-10(7-12)14-13-11(8)9-5-3-2-4-6-9/h2-6,8,10H,7H2,1H3. The molecule has 0 bridgehead atoms. The average molecular weight is 193 g/mol. The number of halogens is 1. The molecule has 0 radical (unpaired) electrons. The van der Waals surface area contributed by atoms with E-state index in [1.54, 1.807) is 0 Å². The Kier molecular flexibility index (Phi) is 2.48. The maximum absolute atomic E-state index is 12.4. The minimum atomic E-state index is -0.485. The lowest BCUT2D eigenvalue weighted by Crippen LogP contribution is -2.22. The van der Waals surface area contributed by atoms with E-state index in [1.165, 1.54) is 0 Å². The van der Waals surface area contributed by atoms with Crippen LogP contribution in [0.2, 0.25) is 0 Å². The molecule has 2 rings (SSSR count). The lowest BCUT2D eigenvalue weighted by Gasteiger charge is -2.09. The van der Waals surface area contributed by atoms with E-state index in [1.807, 2.05) is 37.3 Å². The van der Waals surface area contributed by atoms with Gasteiger partial charge < -0.3 is 4.84 Å². The molecule has 3 heteroatoms. The highest BCUT2D eigenvalue weighted by molar-refractivity contribution is 6.02. The van der Waals surface area contributed by atoms with Crippen molar-refractivity contribution in [2.24, 2.45) is 11.1 Å². The quantitative estimate of drug-likeness (QED) is 0.706. The second-order valence-electron chi connectivity index (χ2n) is 3.43. The van der Waals surface area contributed by atoms with Gasteiger partial charge in [0.15, 0.2) is 6.10 Å². The summed E-state index contributed by atoms with van der Waals surface area (Å²) in [7, 11) is 0. The van der Waals surface area contributed by atoms with Crippen molar-refractivity contribution >= 4 is 5.71 Å². The summed E-state index contributed by atoms with van der Waals surface area (Å²) >= 11 is 0. The predicted octanol–water partition coefficient (Wildman–Crippen LogP) is 2.40. The SMILES string of the molecule is CC1C(c2ccccc2)=NOC1CF. The molecule has 0 fully saturated rings. The fourth-order valence-electron chi connectivity index (χ4n) is 1.56. The molecule has 2 nitrogen and oxygen atoms in total. The van der Waals surface area contributed by atoms with Gasteiger partial charge in [0, 0.05) is 5.92 Å². The van der Waals surface area contributed by atoms with Crippen LogP contribution < -0.4 is 0 Å². The van der Waals surface area contributed by atoms with E-state index < -0.39 is 12.8 Å². The van der Waals surface area contributed by atoms with Gasteiger partial charge in [0.25, 0.3) is 0 Å². The minimum Gasteiger partial charge on any atom is -0.389 e. The molecule has 2 unspecified atom stereocenters. The van der Waals surface area contributed by atoms with Crippen molar-refractivity contribution < 1.29 is 9.23 Å². The predicted molar refractivity (Wildman–Crippen MR) is 53.0 cm³/mol.